The van der Waals surface area contributed by atoms with Crippen LogP contribution in [0.2, 0.25) is 0 Å². The lowest BCUT2D eigenvalue weighted by molar-refractivity contribution is -0.137. The summed E-state index contributed by atoms with van der Waals surface area (Å²) in [5, 5.41) is 0. The highest BCUT2D eigenvalue weighted by molar-refractivity contribution is 5.79. The minimum Gasteiger partial charge on any atom is -0.342 e. The molecule has 2 N–H and O–H groups in total. The van der Waals surface area contributed by atoms with Gasteiger partial charge in [-0.25, -0.2) is 0 Å². The van der Waals surface area contributed by atoms with Crippen molar-refractivity contribution in [1.29, 1.82) is 0 Å². The highest BCUT2D eigenvalue weighted by atomic mass is 16.2. The predicted octanol–water partition coefficient (Wildman–Crippen LogP) is 2.54. The molecule has 1 aliphatic carbocycles. The van der Waals surface area contributed by atoms with E-state index in [2.05, 4.69) is 18.7 Å². The molecule has 0 aromatic carbocycles. The van der Waals surface area contributed by atoms with E-state index in [0.29, 0.717) is 11.3 Å². The monoisotopic (exact) mass is 252 g/mol. The minimum absolute atomic E-state index is 0.218. The van der Waals surface area contributed by atoms with Crippen LogP contribution >= 0.6 is 0 Å². The molecule has 2 atom stereocenters. The van der Waals surface area contributed by atoms with Crippen LogP contribution < -0.4 is 5.73 Å². The van der Waals surface area contributed by atoms with Crippen LogP contribution in [0.4, 0.5) is 0 Å². The van der Waals surface area contributed by atoms with Crippen LogP contribution in [0, 0.1) is 11.3 Å². The van der Waals surface area contributed by atoms with E-state index in [-0.39, 0.29) is 12.0 Å². The average molecular weight is 252 g/mol. The number of nitrogens with zero attached hydrogens (tertiary/aromatic N) is 1. The predicted molar refractivity (Wildman–Crippen MR) is 74.1 cm³/mol. The topological polar surface area (TPSA) is 46.3 Å². The molecule has 3 nitrogen and oxygen atoms in total. The molecule has 104 valence electrons. The molecule has 1 amide bonds. The number of piperidine rings is 1. The zero-order chi connectivity index (χ0) is 13.2. The van der Waals surface area contributed by atoms with Crippen LogP contribution in [0.25, 0.3) is 0 Å². The smallest absolute Gasteiger partial charge is 0.225 e. The van der Waals surface area contributed by atoms with E-state index in [1.165, 1.54) is 25.7 Å². The Morgan fingerprint density at radius 3 is 2.28 bits per heavy atom. The summed E-state index contributed by atoms with van der Waals surface area (Å²) in [6, 6.07) is 0.258. The van der Waals surface area contributed by atoms with Gasteiger partial charge in [-0.15, -0.1) is 0 Å². The lowest BCUT2D eigenvalue weighted by Gasteiger charge is -2.41. The normalized spacial score (nSPS) is 31.6. The number of carbonyl (C=O) groups is 1. The van der Waals surface area contributed by atoms with Crippen molar-refractivity contribution in [1.82, 2.24) is 4.90 Å². The second-order valence-corrected chi connectivity index (χ2v) is 6.30. The Balaban J connectivity index is 1.87. The summed E-state index contributed by atoms with van der Waals surface area (Å²) in [5.41, 5.74) is 6.41. The number of nitrogens with two attached hydrogens (primary N) is 1. The Kier molecular flexibility index (Phi) is 4.31. The van der Waals surface area contributed by atoms with Gasteiger partial charge >= 0.3 is 0 Å². The van der Waals surface area contributed by atoms with Gasteiger partial charge in [0.25, 0.3) is 0 Å². The molecule has 0 aromatic heterocycles. The van der Waals surface area contributed by atoms with E-state index < -0.39 is 0 Å². The SMILES string of the molecule is CCC1(CC)CCN(C(=O)C2CCC(N)C2)CC1. The molecule has 1 saturated carbocycles. The molecule has 0 spiro atoms. The molecule has 2 aliphatic rings. The lowest BCUT2D eigenvalue weighted by Crippen LogP contribution is -2.45. The Morgan fingerprint density at radius 1 is 1.22 bits per heavy atom. The summed E-state index contributed by atoms with van der Waals surface area (Å²) in [4.78, 5) is 14.5. The van der Waals surface area contributed by atoms with E-state index in [1.54, 1.807) is 0 Å². The molecule has 0 bridgehead atoms. The Morgan fingerprint density at radius 2 is 1.83 bits per heavy atom. The molecule has 1 heterocycles. The zero-order valence-electron chi connectivity index (χ0n) is 12.0. The maximum atomic E-state index is 12.4. The van der Waals surface area contributed by atoms with Crippen molar-refractivity contribution in [2.75, 3.05) is 13.1 Å². The molecule has 0 aromatic rings. The third-order valence-electron chi connectivity index (χ3n) is 5.46. The van der Waals surface area contributed by atoms with Gasteiger partial charge in [-0.3, -0.25) is 4.79 Å². The highest BCUT2D eigenvalue weighted by Gasteiger charge is 2.36. The van der Waals surface area contributed by atoms with E-state index in [9.17, 15) is 4.79 Å². The first kappa shape index (κ1) is 13.9. The van der Waals surface area contributed by atoms with Crippen molar-refractivity contribution in [3.8, 4) is 0 Å². The molecular weight excluding hydrogens is 224 g/mol. The van der Waals surface area contributed by atoms with Gasteiger partial charge in [-0.1, -0.05) is 26.7 Å². The molecule has 1 aliphatic heterocycles. The fourth-order valence-corrected chi connectivity index (χ4v) is 3.66. The van der Waals surface area contributed by atoms with Gasteiger partial charge in [0.2, 0.25) is 5.91 Å². The van der Waals surface area contributed by atoms with Gasteiger partial charge in [-0.05, 0) is 37.5 Å². The first-order valence-electron chi connectivity index (χ1n) is 7.64. The third kappa shape index (κ3) is 2.71. The number of hydrogen-bond acceptors (Lipinski definition) is 2. The maximum absolute atomic E-state index is 12.4. The Labute approximate surface area is 111 Å². The van der Waals surface area contributed by atoms with Gasteiger partial charge in [0, 0.05) is 25.0 Å². The highest BCUT2D eigenvalue weighted by Crippen LogP contribution is 2.38. The molecule has 2 rings (SSSR count). The number of rotatable bonds is 3. The third-order valence-corrected chi connectivity index (χ3v) is 5.46. The number of likely N-dealkylation sites (tertiary alicyclic amines) is 1. The van der Waals surface area contributed by atoms with Crippen molar-refractivity contribution >= 4 is 5.91 Å². The Hall–Kier alpha value is -0.570. The van der Waals surface area contributed by atoms with Gasteiger partial charge < -0.3 is 10.6 Å². The van der Waals surface area contributed by atoms with Crippen LogP contribution in [0.5, 0.6) is 0 Å². The van der Waals surface area contributed by atoms with E-state index in [1.807, 2.05) is 0 Å². The fraction of sp³-hybridized carbons (Fsp3) is 0.933. The van der Waals surface area contributed by atoms with Crippen LogP contribution in [0.1, 0.15) is 58.8 Å². The summed E-state index contributed by atoms with van der Waals surface area (Å²) in [5.74, 6) is 0.597. The van der Waals surface area contributed by atoms with Crippen LogP contribution in [0.3, 0.4) is 0 Å². The molecule has 1 saturated heterocycles. The Bertz CT molecular complexity index is 289. The van der Waals surface area contributed by atoms with Gasteiger partial charge in [0.1, 0.15) is 0 Å². The summed E-state index contributed by atoms with van der Waals surface area (Å²) in [7, 11) is 0. The first-order valence-corrected chi connectivity index (χ1v) is 7.64. The zero-order valence-corrected chi connectivity index (χ0v) is 12.0. The summed E-state index contributed by atoms with van der Waals surface area (Å²) >= 11 is 0. The largest absolute Gasteiger partial charge is 0.342 e. The molecule has 2 fully saturated rings. The van der Waals surface area contributed by atoms with E-state index in [0.717, 1.165) is 32.4 Å². The van der Waals surface area contributed by atoms with E-state index >= 15 is 0 Å². The van der Waals surface area contributed by atoms with Crippen molar-refractivity contribution in [2.45, 2.75) is 64.8 Å². The number of carbonyl (C=O) groups excluding carboxylic acids is 1. The summed E-state index contributed by atoms with van der Waals surface area (Å²) < 4.78 is 0. The molecular formula is C15H28N2O. The van der Waals surface area contributed by atoms with Crippen molar-refractivity contribution < 1.29 is 4.79 Å². The van der Waals surface area contributed by atoms with Gasteiger partial charge in [-0.2, -0.15) is 0 Å². The number of hydrogen-bond donors (Lipinski definition) is 1. The van der Waals surface area contributed by atoms with Crippen LogP contribution in [0.15, 0.2) is 0 Å². The van der Waals surface area contributed by atoms with E-state index in [4.69, 9.17) is 5.73 Å². The quantitative estimate of drug-likeness (QED) is 0.839. The van der Waals surface area contributed by atoms with Crippen LogP contribution in [-0.4, -0.2) is 29.9 Å². The van der Waals surface area contributed by atoms with Crippen molar-refractivity contribution in [3.05, 3.63) is 0 Å². The molecule has 18 heavy (non-hydrogen) atoms. The number of amides is 1. The fourth-order valence-electron chi connectivity index (χ4n) is 3.66. The maximum Gasteiger partial charge on any atom is 0.225 e. The van der Waals surface area contributed by atoms with Gasteiger partial charge in [0.15, 0.2) is 0 Å². The second-order valence-electron chi connectivity index (χ2n) is 6.30. The first-order chi connectivity index (χ1) is 8.60. The minimum atomic E-state index is 0.218. The molecule has 3 heteroatoms. The second kappa shape index (κ2) is 5.60. The van der Waals surface area contributed by atoms with Gasteiger partial charge in [0.05, 0.1) is 0 Å². The molecule has 2 unspecified atom stereocenters. The van der Waals surface area contributed by atoms with Crippen molar-refractivity contribution in [2.24, 2.45) is 17.1 Å². The lowest BCUT2D eigenvalue weighted by atomic mass is 9.74. The van der Waals surface area contributed by atoms with Crippen LogP contribution in [-0.2, 0) is 4.79 Å². The summed E-state index contributed by atoms with van der Waals surface area (Å²) in [6.45, 7) is 6.51. The van der Waals surface area contributed by atoms with Crippen molar-refractivity contribution in [3.63, 3.8) is 0 Å². The molecule has 0 radical (unpaired) electrons. The summed E-state index contributed by atoms with van der Waals surface area (Å²) in [6.07, 6.45) is 7.80. The average Bonchev–Trinajstić information content (AvgIpc) is 2.85. The standard InChI is InChI=1S/C15H28N2O/c1-3-15(4-2)7-9-17(10-8-15)14(18)12-5-6-13(16)11-12/h12-13H,3-11,16H2,1-2H3.